The van der Waals surface area contributed by atoms with Crippen molar-refractivity contribution in [2.75, 3.05) is 19.7 Å². The highest BCUT2D eigenvalue weighted by Gasteiger charge is 2.29. The third-order valence-corrected chi connectivity index (χ3v) is 4.39. The average molecular weight is 329 g/mol. The molecular formula is C18H23N3O3. The van der Waals surface area contributed by atoms with Crippen LogP contribution in [0.15, 0.2) is 24.5 Å². The van der Waals surface area contributed by atoms with E-state index in [1.54, 1.807) is 11.8 Å². The first-order valence-corrected chi connectivity index (χ1v) is 8.45. The topological polar surface area (TPSA) is 63.9 Å². The molecule has 1 aliphatic rings. The van der Waals surface area contributed by atoms with Crippen LogP contribution in [0, 0.1) is 12.8 Å². The molecule has 0 radical (unpaired) electrons. The monoisotopic (exact) mass is 329 g/mol. The minimum Gasteiger partial charge on any atom is -0.466 e. The van der Waals surface area contributed by atoms with Crippen molar-refractivity contribution in [3.05, 3.63) is 35.8 Å². The second-order valence-electron chi connectivity index (χ2n) is 6.31. The fourth-order valence-corrected chi connectivity index (χ4v) is 3.14. The third kappa shape index (κ3) is 3.58. The zero-order valence-electron chi connectivity index (χ0n) is 14.2. The van der Waals surface area contributed by atoms with Gasteiger partial charge in [-0.2, -0.15) is 0 Å². The molecule has 0 saturated carbocycles. The fourth-order valence-electron chi connectivity index (χ4n) is 3.14. The van der Waals surface area contributed by atoms with E-state index in [1.807, 2.05) is 35.9 Å². The number of aromatic nitrogens is 2. The maximum Gasteiger partial charge on any atom is 0.310 e. The Hall–Kier alpha value is -2.37. The van der Waals surface area contributed by atoms with Crippen LogP contribution in [0.5, 0.6) is 0 Å². The Labute approximate surface area is 141 Å². The first-order valence-electron chi connectivity index (χ1n) is 8.45. The quantitative estimate of drug-likeness (QED) is 0.805. The molecule has 2 aromatic rings. The molecule has 3 rings (SSSR count). The smallest absolute Gasteiger partial charge is 0.310 e. The molecule has 6 heteroatoms. The number of carbonyl (C=O) groups is 2. The van der Waals surface area contributed by atoms with Crippen molar-refractivity contribution in [3.63, 3.8) is 0 Å². The summed E-state index contributed by atoms with van der Waals surface area (Å²) in [5.41, 5.74) is 2.74. The summed E-state index contributed by atoms with van der Waals surface area (Å²) < 4.78 is 7.01. The fraction of sp³-hybridized carbons (Fsp3) is 0.500. The van der Waals surface area contributed by atoms with Gasteiger partial charge in [0.2, 0.25) is 5.91 Å². The Morgan fingerprint density at radius 2 is 2.25 bits per heavy atom. The molecule has 3 heterocycles. The highest BCUT2D eigenvalue weighted by Crippen LogP contribution is 2.19. The lowest BCUT2D eigenvalue weighted by atomic mass is 9.98. The molecule has 0 spiro atoms. The van der Waals surface area contributed by atoms with Crippen molar-refractivity contribution < 1.29 is 14.3 Å². The van der Waals surface area contributed by atoms with Gasteiger partial charge in [-0.15, -0.1) is 0 Å². The van der Waals surface area contributed by atoms with E-state index in [-0.39, 0.29) is 24.2 Å². The van der Waals surface area contributed by atoms with Gasteiger partial charge >= 0.3 is 5.97 Å². The van der Waals surface area contributed by atoms with Crippen LogP contribution in [0.4, 0.5) is 0 Å². The summed E-state index contributed by atoms with van der Waals surface area (Å²) in [6.45, 7) is 5.34. The highest BCUT2D eigenvalue weighted by atomic mass is 16.5. The maximum atomic E-state index is 12.6. The number of amides is 1. The molecule has 0 aromatic carbocycles. The van der Waals surface area contributed by atoms with Crippen molar-refractivity contribution in [2.24, 2.45) is 5.92 Å². The molecule has 2 aromatic heterocycles. The van der Waals surface area contributed by atoms with Gasteiger partial charge < -0.3 is 14.0 Å². The van der Waals surface area contributed by atoms with Crippen LogP contribution in [-0.2, 0) is 20.7 Å². The number of likely N-dealkylation sites (tertiary alicyclic amines) is 1. The number of ether oxygens (including phenoxy) is 1. The van der Waals surface area contributed by atoms with E-state index in [9.17, 15) is 9.59 Å². The van der Waals surface area contributed by atoms with Gasteiger partial charge in [-0.05, 0) is 44.4 Å². The zero-order chi connectivity index (χ0) is 17.1. The average Bonchev–Trinajstić information content (AvgIpc) is 2.96. The summed E-state index contributed by atoms with van der Waals surface area (Å²) >= 11 is 0. The number of hydrogen-bond donors (Lipinski definition) is 0. The van der Waals surface area contributed by atoms with Gasteiger partial charge in [-0.25, -0.2) is 4.98 Å². The zero-order valence-corrected chi connectivity index (χ0v) is 14.2. The number of hydrogen-bond acceptors (Lipinski definition) is 4. The van der Waals surface area contributed by atoms with Crippen LogP contribution in [0.3, 0.4) is 0 Å². The molecule has 1 atom stereocenters. The van der Waals surface area contributed by atoms with Gasteiger partial charge in [0.15, 0.2) is 0 Å². The van der Waals surface area contributed by atoms with Gasteiger partial charge in [0.05, 0.1) is 24.6 Å². The Morgan fingerprint density at radius 3 is 3.04 bits per heavy atom. The van der Waals surface area contributed by atoms with Gasteiger partial charge in [-0.3, -0.25) is 9.59 Å². The molecule has 24 heavy (non-hydrogen) atoms. The number of fused-ring (bicyclic) bond motifs is 1. The summed E-state index contributed by atoms with van der Waals surface area (Å²) in [4.78, 5) is 30.7. The lowest BCUT2D eigenvalue weighted by Crippen LogP contribution is -2.43. The Kier molecular flexibility index (Phi) is 4.83. The van der Waals surface area contributed by atoms with Crippen molar-refractivity contribution in [2.45, 2.75) is 33.1 Å². The minimum absolute atomic E-state index is 0.0177. The van der Waals surface area contributed by atoms with Crippen LogP contribution in [0.25, 0.3) is 5.65 Å². The predicted octanol–water partition coefficient (Wildman–Crippen LogP) is 1.99. The van der Waals surface area contributed by atoms with Crippen molar-refractivity contribution in [1.29, 1.82) is 0 Å². The van der Waals surface area contributed by atoms with Crippen LogP contribution >= 0.6 is 0 Å². The van der Waals surface area contributed by atoms with Crippen LogP contribution in [0.2, 0.25) is 0 Å². The molecule has 128 valence electrons. The number of carbonyl (C=O) groups excluding carboxylic acids is 2. The molecule has 0 N–H and O–H groups in total. The van der Waals surface area contributed by atoms with Crippen LogP contribution in [0.1, 0.15) is 31.0 Å². The molecule has 1 fully saturated rings. The summed E-state index contributed by atoms with van der Waals surface area (Å²) in [6.07, 6.45) is 5.72. The van der Waals surface area contributed by atoms with Crippen molar-refractivity contribution >= 4 is 17.5 Å². The maximum absolute atomic E-state index is 12.6. The number of imidazole rings is 1. The van der Waals surface area contributed by atoms with E-state index in [0.29, 0.717) is 19.7 Å². The van der Waals surface area contributed by atoms with Crippen LogP contribution < -0.4 is 0 Å². The largest absolute Gasteiger partial charge is 0.466 e. The van der Waals surface area contributed by atoms with Gasteiger partial charge in [0.25, 0.3) is 0 Å². The number of piperidine rings is 1. The molecule has 0 aliphatic carbocycles. The van der Waals surface area contributed by atoms with Crippen LogP contribution in [-0.4, -0.2) is 45.9 Å². The Bertz CT molecular complexity index is 753. The lowest BCUT2D eigenvalue weighted by Gasteiger charge is -2.31. The summed E-state index contributed by atoms with van der Waals surface area (Å²) in [6, 6.07) is 4.00. The third-order valence-electron chi connectivity index (χ3n) is 4.39. The molecular weight excluding hydrogens is 306 g/mol. The Morgan fingerprint density at radius 1 is 1.42 bits per heavy atom. The molecule has 0 bridgehead atoms. The predicted molar refractivity (Wildman–Crippen MR) is 89.6 cm³/mol. The SMILES string of the molecule is CCOC(=O)C1CCCN(C(=O)Cc2cn3ccc(C)cc3n2)C1. The van der Waals surface area contributed by atoms with E-state index < -0.39 is 0 Å². The van der Waals surface area contributed by atoms with E-state index in [2.05, 4.69) is 4.98 Å². The minimum atomic E-state index is -0.202. The van der Waals surface area contributed by atoms with Gasteiger partial charge in [-0.1, -0.05) is 0 Å². The molecule has 1 saturated heterocycles. The van der Waals surface area contributed by atoms with Gasteiger partial charge in [0.1, 0.15) is 5.65 Å². The number of pyridine rings is 1. The first kappa shape index (κ1) is 16.5. The molecule has 6 nitrogen and oxygen atoms in total. The number of nitrogens with zero attached hydrogens (tertiary/aromatic N) is 3. The van der Waals surface area contributed by atoms with Gasteiger partial charge in [0, 0.05) is 25.5 Å². The summed E-state index contributed by atoms with van der Waals surface area (Å²) in [5, 5.41) is 0. The summed E-state index contributed by atoms with van der Waals surface area (Å²) in [5.74, 6) is -0.381. The number of rotatable bonds is 4. The van der Waals surface area contributed by atoms with E-state index in [0.717, 1.165) is 29.7 Å². The van der Waals surface area contributed by atoms with E-state index in [4.69, 9.17) is 4.74 Å². The summed E-state index contributed by atoms with van der Waals surface area (Å²) in [7, 11) is 0. The molecule has 1 aliphatic heterocycles. The molecule has 1 unspecified atom stereocenters. The van der Waals surface area contributed by atoms with E-state index in [1.165, 1.54) is 0 Å². The molecule has 1 amide bonds. The number of aryl methyl sites for hydroxylation is 1. The first-order chi connectivity index (χ1) is 11.6. The lowest BCUT2D eigenvalue weighted by molar-refractivity contribution is -0.151. The number of esters is 1. The normalized spacial score (nSPS) is 17.9. The highest BCUT2D eigenvalue weighted by molar-refractivity contribution is 5.80. The second-order valence-corrected chi connectivity index (χ2v) is 6.31. The van der Waals surface area contributed by atoms with Crippen molar-refractivity contribution in [3.8, 4) is 0 Å². The van der Waals surface area contributed by atoms with Crippen molar-refractivity contribution in [1.82, 2.24) is 14.3 Å². The second kappa shape index (κ2) is 7.03. The Balaban J connectivity index is 1.65. The standard InChI is InChI=1S/C18H23N3O3/c1-3-24-18(23)14-5-4-7-21(11-14)17(22)10-15-12-20-8-6-13(2)9-16(20)19-15/h6,8-9,12,14H,3-5,7,10-11H2,1-2H3. The van der Waals surface area contributed by atoms with E-state index >= 15 is 0 Å².